The van der Waals surface area contributed by atoms with Crippen molar-refractivity contribution in [1.29, 1.82) is 0 Å². The topological polar surface area (TPSA) is 54.0 Å². The number of aromatic nitrogens is 1. The van der Waals surface area contributed by atoms with E-state index in [0.29, 0.717) is 5.82 Å². The number of nitrogens with one attached hydrogen (secondary N) is 2. The number of anilines is 2. The van der Waals surface area contributed by atoms with E-state index in [1.165, 1.54) is 0 Å². The third-order valence-corrected chi connectivity index (χ3v) is 3.57. The number of pyridine rings is 1. The van der Waals surface area contributed by atoms with Gasteiger partial charge in [0.25, 0.3) is 0 Å². The maximum absolute atomic E-state index is 12.0. The van der Waals surface area contributed by atoms with Crippen LogP contribution in [0.1, 0.15) is 22.4 Å². The maximum atomic E-state index is 12.0. The average Bonchev–Trinajstić information content (AvgIpc) is 2.43. The zero-order valence-electron chi connectivity index (χ0n) is 12.2. The number of benzene rings is 1. The molecule has 1 aromatic heterocycles. The predicted molar refractivity (Wildman–Crippen MR) is 82.3 cm³/mol. The quantitative estimate of drug-likeness (QED) is 0.867. The first kappa shape index (κ1) is 14.1. The normalized spacial score (nSPS) is 10.2. The number of urea groups is 1. The van der Waals surface area contributed by atoms with E-state index in [1.54, 1.807) is 0 Å². The molecule has 1 aromatic carbocycles. The van der Waals surface area contributed by atoms with Crippen LogP contribution in [0.5, 0.6) is 0 Å². The first-order valence-electron chi connectivity index (χ1n) is 6.56. The van der Waals surface area contributed by atoms with Gasteiger partial charge < -0.3 is 5.32 Å². The fraction of sp³-hybridized carbons (Fsp3) is 0.250. The second kappa shape index (κ2) is 5.74. The summed E-state index contributed by atoms with van der Waals surface area (Å²) in [6.45, 7) is 7.99. The molecule has 0 radical (unpaired) electrons. The van der Waals surface area contributed by atoms with E-state index in [2.05, 4.69) is 15.6 Å². The van der Waals surface area contributed by atoms with Gasteiger partial charge in [-0.2, -0.15) is 0 Å². The van der Waals surface area contributed by atoms with Crippen LogP contribution in [0.15, 0.2) is 30.3 Å². The van der Waals surface area contributed by atoms with Gasteiger partial charge in [0, 0.05) is 11.4 Å². The molecule has 104 valence electrons. The molecule has 2 N–H and O–H groups in total. The molecule has 0 unspecified atom stereocenters. The van der Waals surface area contributed by atoms with Gasteiger partial charge in [0.15, 0.2) is 0 Å². The van der Waals surface area contributed by atoms with Crippen LogP contribution < -0.4 is 10.6 Å². The monoisotopic (exact) mass is 269 g/mol. The highest BCUT2D eigenvalue weighted by molar-refractivity contribution is 5.99. The lowest BCUT2D eigenvalue weighted by molar-refractivity contribution is 0.262. The molecule has 0 aliphatic heterocycles. The summed E-state index contributed by atoms with van der Waals surface area (Å²) in [5.41, 5.74) is 5.01. The maximum Gasteiger partial charge on any atom is 0.324 e. The van der Waals surface area contributed by atoms with Crippen LogP contribution in [0, 0.1) is 27.7 Å². The highest BCUT2D eigenvalue weighted by Crippen LogP contribution is 2.21. The number of carbonyl (C=O) groups excluding carboxylic acids is 1. The minimum Gasteiger partial charge on any atom is -0.308 e. The zero-order chi connectivity index (χ0) is 14.7. The molecular formula is C16H19N3O. The van der Waals surface area contributed by atoms with Crippen LogP contribution in [0.4, 0.5) is 16.3 Å². The summed E-state index contributed by atoms with van der Waals surface area (Å²) in [5.74, 6) is 0.610. The van der Waals surface area contributed by atoms with Crippen molar-refractivity contribution >= 4 is 17.5 Å². The molecule has 2 rings (SSSR count). The molecule has 2 aromatic rings. The Labute approximate surface area is 119 Å². The SMILES string of the molecule is Cc1nc(NC(=O)Nc2ccccc2)c(C)c(C)c1C. The molecule has 20 heavy (non-hydrogen) atoms. The number of nitrogens with zero attached hydrogens (tertiary/aromatic N) is 1. The van der Waals surface area contributed by atoms with Gasteiger partial charge in [0.05, 0.1) is 0 Å². The average molecular weight is 269 g/mol. The predicted octanol–water partition coefficient (Wildman–Crippen LogP) is 3.96. The van der Waals surface area contributed by atoms with Gasteiger partial charge in [0.1, 0.15) is 5.82 Å². The molecular weight excluding hydrogens is 250 g/mol. The van der Waals surface area contributed by atoms with Gasteiger partial charge in [-0.1, -0.05) is 18.2 Å². The first-order chi connectivity index (χ1) is 9.49. The van der Waals surface area contributed by atoms with E-state index in [0.717, 1.165) is 28.1 Å². The van der Waals surface area contributed by atoms with Gasteiger partial charge in [-0.25, -0.2) is 9.78 Å². The zero-order valence-corrected chi connectivity index (χ0v) is 12.2. The van der Waals surface area contributed by atoms with Gasteiger partial charge in [0.2, 0.25) is 0 Å². The van der Waals surface area contributed by atoms with Crippen molar-refractivity contribution in [2.75, 3.05) is 10.6 Å². The molecule has 0 fully saturated rings. The molecule has 1 heterocycles. The number of hydrogen-bond acceptors (Lipinski definition) is 2. The molecule has 0 aliphatic carbocycles. The van der Waals surface area contributed by atoms with Crippen LogP contribution in [-0.2, 0) is 0 Å². The van der Waals surface area contributed by atoms with Crippen molar-refractivity contribution in [3.63, 3.8) is 0 Å². The van der Waals surface area contributed by atoms with Crippen molar-refractivity contribution in [2.24, 2.45) is 0 Å². The standard InChI is InChI=1S/C16H19N3O/c1-10-11(2)13(4)17-15(12(10)3)19-16(20)18-14-8-6-5-7-9-14/h5-9H,1-4H3,(H2,17,18,19,20). The lowest BCUT2D eigenvalue weighted by Gasteiger charge is -2.14. The van der Waals surface area contributed by atoms with E-state index < -0.39 is 0 Å². The number of hydrogen-bond donors (Lipinski definition) is 2. The van der Waals surface area contributed by atoms with E-state index >= 15 is 0 Å². The summed E-state index contributed by atoms with van der Waals surface area (Å²) < 4.78 is 0. The van der Waals surface area contributed by atoms with Crippen LogP contribution >= 0.6 is 0 Å². The molecule has 0 saturated carbocycles. The van der Waals surface area contributed by atoms with Gasteiger partial charge in [-0.15, -0.1) is 0 Å². The molecule has 0 aliphatic rings. The van der Waals surface area contributed by atoms with Crippen molar-refractivity contribution in [3.8, 4) is 0 Å². The van der Waals surface area contributed by atoms with Gasteiger partial charge >= 0.3 is 6.03 Å². The Morgan fingerprint density at radius 1 is 0.900 bits per heavy atom. The van der Waals surface area contributed by atoms with E-state index in [4.69, 9.17) is 0 Å². The third-order valence-electron chi connectivity index (χ3n) is 3.57. The summed E-state index contributed by atoms with van der Waals surface area (Å²) in [6, 6.07) is 9.05. The Morgan fingerprint density at radius 3 is 2.20 bits per heavy atom. The Kier molecular flexibility index (Phi) is 4.03. The smallest absolute Gasteiger partial charge is 0.308 e. The minimum absolute atomic E-state index is 0.283. The van der Waals surface area contributed by atoms with E-state index in [9.17, 15) is 4.79 Å². The fourth-order valence-electron chi connectivity index (χ4n) is 1.98. The van der Waals surface area contributed by atoms with Crippen molar-refractivity contribution in [1.82, 2.24) is 4.98 Å². The van der Waals surface area contributed by atoms with Crippen LogP contribution in [0.2, 0.25) is 0 Å². The highest BCUT2D eigenvalue weighted by Gasteiger charge is 2.11. The Morgan fingerprint density at radius 2 is 1.55 bits per heavy atom. The highest BCUT2D eigenvalue weighted by atomic mass is 16.2. The second-order valence-corrected chi connectivity index (χ2v) is 4.87. The molecule has 0 atom stereocenters. The summed E-state index contributed by atoms with van der Waals surface area (Å²) in [4.78, 5) is 16.4. The van der Waals surface area contributed by atoms with E-state index in [-0.39, 0.29) is 6.03 Å². The summed E-state index contributed by atoms with van der Waals surface area (Å²) >= 11 is 0. The Bertz CT molecular complexity index is 636. The lowest BCUT2D eigenvalue weighted by Crippen LogP contribution is -2.21. The summed E-state index contributed by atoms with van der Waals surface area (Å²) in [5, 5.41) is 5.59. The summed E-state index contributed by atoms with van der Waals surface area (Å²) in [7, 11) is 0. The largest absolute Gasteiger partial charge is 0.324 e. The number of rotatable bonds is 2. The van der Waals surface area contributed by atoms with Gasteiger partial charge in [-0.05, 0) is 56.5 Å². The number of amides is 2. The van der Waals surface area contributed by atoms with Crippen molar-refractivity contribution in [2.45, 2.75) is 27.7 Å². The third kappa shape index (κ3) is 2.96. The summed E-state index contributed by atoms with van der Waals surface area (Å²) in [6.07, 6.45) is 0. The van der Waals surface area contributed by atoms with Crippen LogP contribution in [0.3, 0.4) is 0 Å². The molecule has 0 spiro atoms. The second-order valence-electron chi connectivity index (χ2n) is 4.87. The number of aryl methyl sites for hydroxylation is 1. The number of carbonyl (C=O) groups is 1. The Hall–Kier alpha value is -2.36. The lowest BCUT2D eigenvalue weighted by atomic mass is 10.0. The van der Waals surface area contributed by atoms with Crippen molar-refractivity contribution in [3.05, 3.63) is 52.7 Å². The van der Waals surface area contributed by atoms with Crippen molar-refractivity contribution < 1.29 is 4.79 Å². The van der Waals surface area contributed by atoms with Crippen LogP contribution in [0.25, 0.3) is 0 Å². The van der Waals surface area contributed by atoms with Gasteiger partial charge in [-0.3, -0.25) is 5.32 Å². The first-order valence-corrected chi connectivity index (χ1v) is 6.56. The molecule has 0 bridgehead atoms. The molecule has 4 heteroatoms. The van der Waals surface area contributed by atoms with E-state index in [1.807, 2.05) is 58.0 Å². The molecule has 2 amide bonds. The molecule has 0 saturated heterocycles. The molecule has 4 nitrogen and oxygen atoms in total. The fourth-order valence-corrected chi connectivity index (χ4v) is 1.98. The Balaban J connectivity index is 2.16. The van der Waals surface area contributed by atoms with Crippen LogP contribution in [-0.4, -0.2) is 11.0 Å². The number of para-hydroxylation sites is 1. The minimum atomic E-state index is -0.283.